The molecule has 88 valence electrons. The van der Waals surface area contributed by atoms with E-state index in [1.165, 1.54) is 23.9 Å². The van der Waals surface area contributed by atoms with Crippen molar-refractivity contribution in [3.05, 3.63) is 58.9 Å². The summed E-state index contributed by atoms with van der Waals surface area (Å²) in [6.07, 6.45) is 0. The van der Waals surface area contributed by atoms with E-state index in [9.17, 15) is 4.39 Å². The predicted octanol–water partition coefficient (Wildman–Crippen LogP) is 4.35. The molecule has 0 heterocycles. The van der Waals surface area contributed by atoms with Crippen LogP contribution in [0.4, 0.5) is 10.1 Å². The summed E-state index contributed by atoms with van der Waals surface area (Å²) in [6.45, 7) is 0. The fourth-order valence-corrected chi connectivity index (χ4v) is 2.62. The molecule has 17 heavy (non-hydrogen) atoms. The summed E-state index contributed by atoms with van der Waals surface area (Å²) in [5, 5.41) is 0.683. The number of benzene rings is 2. The maximum Gasteiger partial charge on any atom is 0.124 e. The van der Waals surface area contributed by atoms with E-state index >= 15 is 0 Å². The molecule has 0 spiro atoms. The lowest BCUT2D eigenvalue weighted by molar-refractivity contribution is 0.624. The van der Waals surface area contributed by atoms with Crippen LogP contribution in [0, 0.1) is 5.82 Å². The molecule has 1 nitrogen and oxygen atoms in total. The summed E-state index contributed by atoms with van der Waals surface area (Å²) in [7, 11) is 0. The van der Waals surface area contributed by atoms with E-state index in [4.69, 9.17) is 17.3 Å². The summed E-state index contributed by atoms with van der Waals surface area (Å²) in [5.41, 5.74) is 7.34. The van der Waals surface area contributed by atoms with Gasteiger partial charge in [0.15, 0.2) is 0 Å². The Morgan fingerprint density at radius 2 is 2.00 bits per heavy atom. The summed E-state index contributed by atoms with van der Waals surface area (Å²) in [6, 6.07) is 11.9. The molecule has 0 aromatic heterocycles. The lowest BCUT2D eigenvalue weighted by atomic mass is 10.2. The second-order valence-electron chi connectivity index (χ2n) is 3.60. The molecule has 0 saturated heterocycles. The van der Waals surface area contributed by atoms with Gasteiger partial charge in [0.1, 0.15) is 5.82 Å². The van der Waals surface area contributed by atoms with Crippen LogP contribution in [0.5, 0.6) is 0 Å². The lowest BCUT2D eigenvalue weighted by Crippen LogP contribution is -1.89. The Morgan fingerprint density at radius 3 is 2.76 bits per heavy atom. The third kappa shape index (κ3) is 3.38. The highest BCUT2D eigenvalue weighted by molar-refractivity contribution is 7.98. The van der Waals surface area contributed by atoms with Crippen molar-refractivity contribution in [1.29, 1.82) is 0 Å². The molecule has 0 amide bonds. The van der Waals surface area contributed by atoms with Gasteiger partial charge in [-0.1, -0.05) is 17.7 Å². The summed E-state index contributed by atoms with van der Waals surface area (Å²) in [5.74, 6) is 0.446. The highest BCUT2D eigenvalue weighted by Gasteiger charge is 2.03. The molecule has 2 rings (SSSR count). The number of anilines is 1. The van der Waals surface area contributed by atoms with Crippen LogP contribution in [-0.4, -0.2) is 0 Å². The minimum atomic E-state index is -0.228. The van der Waals surface area contributed by atoms with E-state index in [0.29, 0.717) is 16.5 Å². The first-order valence-corrected chi connectivity index (χ1v) is 6.44. The molecule has 4 heteroatoms. The van der Waals surface area contributed by atoms with Crippen molar-refractivity contribution in [3.63, 3.8) is 0 Å². The van der Waals surface area contributed by atoms with E-state index in [2.05, 4.69) is 0 Å². The quantitative estimate of drug-likeness (QED) is 0.661. The zero-order chi connectivity index (χ0) is 12.3. The highest BCUT2D eigenvalue weighted by Crippen LogP contribution is 2.28. The van der Waals surface area contributed by atoms with Crippen LogP contribution in [0.15, 0.2) is 47.4 Å². The van der Waals surface area contributed by atoms with Crippen LogP contribution in [0.3, 0.4) is 0 Å². The SMILES string of the molecule is Nc1ccc(Cl)c(CSc2cccc(F)c2)c1. The van der Waals surface area contributed by atoms with Gasteiger partial charge in [0.25, 0.3) is 0 Å². The molecule has 2 N–H and O–H groups in total. The van der Waals surface area contributed by atoms with E-state index in [0.717, 1.165) is 10.5 Å². The van der Waals surface area contributed by atoms with Crippen LogP contribution >= 0.6 is 23.4 Å². The van der Waals surface area contributed by atoms with Gasteiger partial charge < -0.3 is 5.73 Å². The third-order valence-corrected chi connectivity index (χ3v) is 3.67. The average molecular weight is 268 g/mol. The Morgan fingerprint density at radius 1 is 1.18 bits per heavy atom. The Hall–Kier alpha value is -1.19. The largest absolute Gasteiger partial charge is 0.399 e. The van der Waals surface area contributed by atoms with E-state index < -0.39 is 0 Å². The Kier molecular flexibility index (Phi) is 3.92. The Bertz CT molecular complexity index is 531. The summed E-state index contributed by atoms with van der Waals surface area (Å²) in [4.78, 5) is 0.878. The van der Waals surface area contributed by atoms with Gasteiger partial charge in [-0.3, -0.25) is 0 Å². The van der Waals surface area contributed by atoms with Crippen molar-refractivity contribution in [1.82, 2.24) is 0 Å². The van der Waals surface area contributed by atoms with E-state index in [1.807, 2.05) is 12.1 Å². The number of halogens is 2. The Labute approximate surface area is 109 Å². The van der Waals surface area contributed by atoms with Gasteiger partial charge in [-0.25, -0.2) is 4.39 Å². The number of rotatable bonds is 3. The van der Waals surface area contributed by atoms with Crippen molar-refractivity contribution >= 4 is 29.1 Å². The molecule has 0 unspecified atom stereocenters. The van der Waals surface area contributed by atoms with E-state index in [-0.39, 0.29) is 5.82 Å². The van der Waals surface area contributed by atoms with Crippen molar-refractivity contribution in [3.8, 4) is 0 Å². The number of hydrogen-bond acceptors (Lipinski definition) is 2. The minimum absolute atomic E-state index is 0.228. The van der Waals surface area contributed by atoms with Crippen molar-refractivity contribution < 1.29 is 4.39 Å². The van der Waals surface area contributed by atoms with Gasteiger partial charge in [-0.15, -0.1) is 11.8 Å². The summed E-state index contributed by atoms with van der Waals surface area (Å²) < 4.78 is 13.0. The van der Waals surface area contributed by atoms with Crippen molar-refractivity contribution in [2.24, 2.45) is 0 Å². The van der Waals surface area contributed by atoms with E-state index in [1.54, 1.807) is 18.2 Å². The molecular formula is C13H11ClFNS. The normalized spacial score (nSPS) is 10.5. The zero-order valence-corrected chi connectivity index (χ0v) is 10.6. The predicted molar refractivity (Wildman–Crippen MR) is 71.8 cm³/mol. The smallest absolute Gasteiger partial charge is 0.124 e. The van der Waals surface area contributed by atoms with Crippen LogP contribution in [0.1, 0.15) is 5.56 Å². The van der Waals surface area contributed by atoms with Gasteiger partial charge in [0.2, 0.25) is 0 Å². The maximum absolute atomic E-state index is 13.0. The molecule has 0 aliphatic carbocycles. The van der Waals surface area contributed by atoms with Gasteiger partial charge in [0, 0.05) is 21.4 Å². The molecule has 0 atom stereocenters. The highest BCUT2D eigenvalue weighted by atomic mass is 35.5. The van der Waals surface area contributed by atoms with Gasteiger partial charge in [0.05, 0.1) is 0 Å². The van der Waals surface area contributed by atoms with Crippen LogP contribution in [0.2, 0.25) is 5.02 Å². The number of nitrogens with two attached hydrogens (primary N) is 1. The second-order valence-corrected chi connectivity index (χ2v) is 5.05. The summed E-state index contributed by atoms with van der Waals surface area (Å²) >= 11 is 7.58. The number of hydrogen-bond donors (Lipinski definition) is 1. The van der Waals surface area contributed by atoms with Crippen molar-refractivity contribution in [2.45, 2.75) is 10.6 Å². The minimum Gasteiger partial charge on any atom is -0.399 e. The standard InChI is InChI=1S/C13H11ClFNS/c14-13-5-4-11(16)6-9(13)8-17-12-3-1-2-10(15)7-12/h1-7H,8,16H2. The first kappa shape index (κ1) is 12.3. The zero-order valence-electron chi connectivity index (χ0n) is 8.99. The molecule has 0 aliphatic heterocycles. The van der Waals surface area contributed by atoms with Gasteiger partial charge in [-0.2, -0.15) is 0 Å². The van der Waals surface area contributed by atoms with Gasteiger partial charge >= 0.3 is 0 Å². The number of nitrogen functional groups attached to an aromatic ring is 1. The Balaban J connectivity index is 2.09. The average Bonchev–Trinajstić information content (AvgIpc) is 2.30. The van der Waals surface area contributed by atoms with Gasteiger partial charge in [-0.05, 0) is 42.0 Å². The molecule has 0 fully saturated rings. The molecule has 0 saturated carbocycles. The van der Waals surface area contributed by atoms with Crippen molar-refractivity contribution in [2.75, 3.05) is 5.73 Å². The first-order valence-electron chi connectivity index (χ1n) is 5.07. The second kappa shape index (κ2) is 5.43. The third-order valence-electron chi connectivity index (χ3n) is 2.26. The van der Waals surface area contributed by atoms with Crippen LogP contribution in [0.25, 0.3) is 0 Å². The molecule has 0 radical (unpaired) electrons. The molecule has 0 bridgehead atoms. The molecule has 0 aliphatic rings. The molecule has 2 aromatic carbocycles. The molecule has 2 aromatic rings. The maximum atomic E-state index is 13.0. The van der Waals surface area contributed by atoms with Crippen LogP contribution in [-0.2, 0) is 5.75 Å². The monoisotopic (exact) mass is 267 g/mol. The van der Waals surface area contributed by atoms with Crippen LogP contribution < -0.4 is 5.73 Å². The topological polar surface area (TPSA) is 26.0 Å². The first-order chi connectivity index (χ1) is 8.15. The lowest BCUT2D eigenvalue weighted by Gasteiger charge is -2.05. The molecular weight excluding hydrogens is 257 g/mol. The fraction of sp³-hybridized carbons (Fsp3) is 0.0769. The number of thioether (sulfide) groups is 1. The fourth-order valence-electron chi connectivity index (χ4n) is 1.42.